The van der Waals surface area contributed by atoms with Gasteiger partial charge in [0.25, 0.3) is 0 Å². The zero-order valence-corrected chi connectivity index (χ0v) is 12.2. The van der Waals surface area contributed by atoms with Crippen molar-refractivity contribution in [1.82, 2.24) is 0 Å². The summed E-state index contributed by atoms with van der Waals surface area (Å²) in [7, 11) is 1.38. The van der Waals surface area contributed by atoms with Crippen LogP contribution < -0.4 is 5.73 Å². The highest BCUT2D eigenvalue weighted by molar-refractivity contribution is 5.90. The third-order valence-corrected chi connectivity index (χ3v) is 3.00. The smallest absolute Gasteiger partial charge is 0.330 e. The van der Waals surface area contributed by atoms with E-state index in [2.05, 4.69) is 16.9 Å². The van der Waals surface area contributed by atoms with Gasteiger partial charge in [-0.3, -0.25) is 0 Å². The van der Waals surface area contributed by atoms with Gasteiger partial charge in [0.15, 0.2) is 0 Å². The lowest BCUT2D eigenvalue weighted by Crippen LogP contribution is -2.32. The highest BCUT2D eigenvalue weighted by Crippen LogP contribution is 2.17. The predicted octanol–water partition coefficient (Wildman–Crippen LogP) is 2.93. The molecule has 0 saturated heterocycles. The van der Waals surface area contributed by atoms with E-state index in [1.807, 2.05) is 32.9 Å². The topological polar surface area (TPSA) is 52.3 Å². The molecule has 0 unspecified atom stereocenters. The number of nitrogens with two attached hydrogens (primary N) is 1. The molecule has 1 rings (SSSR count). The minimum Gasteiger partial charge on any atom is -0.466 e. The molecule has 0 aliphatic heterocycles. The van der Waals surface area contributed by atoms with Crippen LogP contribution in [0.25, 0.3) is 5.57 Å². The van der Waals surface area contributed by atoms with Crippen molar-refractivity contribution >= 4 is 11.5 Å². The first-order valence-electron chi connectivity index (χ1n) is 6.46. The van der Waals surface area contributed by atoms with Crippen LogP contribution in [0.5, 0.6) is 0 Å². The van der Waals surface area contributed by atoms with Gasteiger partial charge in [-0.25, -0.2) is 4.79 Å². The molecule has 0 amide bonds. The van der Waals surface area contributed by atoms with Crippen LogP contribution in [0.3, 0.4) is 0 Å². The SMILES string of the molecule is COC(=O)C=C(C)c1ccc(CCC(C)(C)N)cc1. The fraction of sp³-hybridized carbons (Fsp3) is 0.438. The highest BCUT2D eigenvalue weighted by atomic mass is 16.5. The minimum atomic E-state index is -0.327. The Hall–Kier alpha value is -1.61. The monoisotopic (exact) mass is 261 g/mol. The summed E-state index contributed by atoms with van der Waals surface area (Å²) < 4.78 is 4.61. The van der Waals surface area contributed by atoms with E-state index in [1.165, 1.54) is 18.7 Å². The quantitative estimate of drug-likeness (QED) is 0.655. The Morgan fingerprint density at radius 1 is 1.32 bits per heavy atom. The standard InChI is InChI=1S/C16H23NO2/c1-12(11-15(18)19-4)14-7-5-13(6-8-14)9-10-16(2,3)17/h5-8,11H,9-10,17H2,1-4H3. The Labute approximate surface area is 115 Å². The molecule has 0 saturated carbocycles. The van der Waals surface area contributed by atoms with E-state index in [0.717, 1.165) is 24.0 Å². The van der Waals surface area contributed by atoms with Gasteiger partial charge in [0.1, 0.15) is 0 Å². The van der Waals surface area contributed by atoms with Gasteiger partial charge >= 0.3 is 5.97 Å². The molecule has 0 radical (unpaired) electrons. The Kier molecular flexibility index (Phi) is 5.31. The van der Waals surface area contributed by atoms with E-state index in [4.69, 9.17) is 5.73 Å². The Morgan fingerprint density at radius 2 is 1.89 bits per heavy atom. The van der Waals surface area contributed by atoms with Crippen molar-refractivity contribution in [2.75, 3.05) is 7.11 Å². The number of esters is 1. The Balaban J connectivity index is 2.71. The maximum Gasteiger partial charge on any atom is 0.330 e. The summed E-state index contributed by atoms with van der Waals surface area (Å²) in [6.07, 6.45) is 3.41. The van der Waals surface area contributed by atoms with Crippen LogP contribution in [0.1, 0.15) is 38.3 Å². The van der Waals surface area contributed by atoms with Crippen molar-refractivity contribution in [1.29, 1.82) is 0 Å². The second-order valence-electron chi connectivity index (χ2n) is 5.54. The van der Waals surface area contributed by atoms with Gasteiger partial charge in [0.2, 0.25) is 0 Å². The van der Waals surface area contributed by atoms with E-state index in [1.54, 1.807) is 0 Å². The molecule has 0 atom stereocenters. The Morgan fingerprint density at radius 3 is 2.37 bits per heavy atom. The van der Waals surface area contributed by atoms with Crippen molar-refractivity contribution in [3.63, 3.8) is 0 Å². The summed E-state index contributed by atoms with van der Waals surface area (Å²) in [5.41, 5.74) is 9.02. The van der Waals surface area contributed by atoms with Crippen LogP contribution in [-0.2, 0) is 16.0 Å². The molecule has 0 spiro atoms. The van der Waals surface area contributed by atoms with E-state index in [0.29, 0.717) is 0 Å². The summed E-state index contributed by atoms with van der Waals surface area (Å²) in [6.45, 7) is 5.96. The fourth-order valence-electron chi connectivity index (χ4n) is 1.72. The number of allylic oxidation sites excluding steroid dienone is 1. The lowest BCUT2D eigenvalue weighted by Gasteiger charge is -2.18. The molecule has 19 heavy (non-hydrogen) atoms. The molecule has 3 heteroatoms. The van der Waals surface area contributed by atoms with Crippen molar-refractivity contribution in [3.05, 3.63) is 41.5 Å². The van der Waals surface area contributed by atoms with E-state index in [9.17, 15) is 4.79 Å². The second-order valence-corrected chi connectivity index (χ2v) is 5.54. The van der Waals surface area contributed by atoms with Crippen LogP contribution in [0.4, 0.5) is 0 Å². The average Bonchev–Trinajstić information content (AvgIpc) is 2.36. The molecule has 0 fully saturated rings. The van der Waals surface area contributed by atoms with E-state index >= 15 is 0 Å². The van der Waals surface area contributed by atoms with Gasteiger partial charge in [0, 0.05) is 11.6 Å². The van der Waals surface area contributed by atoms with Crippen molar-refractivity contribution in [2.24, 2.45) is 5.73 Å². The predicted molar refractivity (Wildman–Crippen MR) is 78.7 cm³/mol. The second kappa shape index (κ2) is 6.53. The summed E-state index contributed by atoms with van der Waals surface area (Å²) in [5, 5.41) is 0. The zero-order chi connectivity index (χ0) is 14.5. The first kappa shape index (κ1) is 15.4. The molecule has 0 heterocycles. The molecule has 3 nitrogen and oxygen atoms in total. The summed E-state index contributed by atoms with van der Waals surface area (Å²) >= 11 is 0. The molecule has 0 aliphatic rings. The minimum absolute atomic E-state index is 0.140. The lowest BCUT2D eigenvalue weighted by molar-refractivity contribution is -0.134. The number of hydrogen-bond acceptors (Lipinski definition) is 3. The van der Waals surface area contributed by atoms with Gasteiger partial charge in [-0.2, -0.15) is 0 Å². The number of benzene rings is 1. The number of rotatable bonds is 5. The molecule has 1 aromatic carbocycles. The van der Waals surface area contributed by atoms with Gasteiger partial charge in [-0.15, -0.1) is 0 Å². The number of carbonyl (C=O) groups is 1. The average molecular weight is 261 g/mol. The van der Waals surface area contributed by atoms with Gasteiger partial charge < -0.3 is 10.5 Å². The van der Waals surface area contributed by atoms with Crippen molar-refractivity contribution < 1.29 is 9.53 Å². The van der Waals surface area contributed by atoms with E-state index < -0.39 is 0 Å². The third kappa shape index (κ3) is 5.71. The van der Waals surface area contributed by atoms with Gasteiger partial charge in [-0.1, -0.05) is 24.3 Å². The fourth-order valence-corrected chi connectivity index (χ4v) is 1.72. The maximum absolute atomic E-state index is 11.2. The molecule has 0 aliphatic carbocycles. The first-order chi connectivity index (χ1) is 8.81. The van der Waals surface area contributed by atoms with Crippen LogP contribution in [0.15, 0.2) is 30.3 Å². The molecular formula is C16H23NO2. The Bertz CT molecular complexity index is 453. The van der Waals surface area contributed by atoms with Crippen LogP contribution in [-0.4, -0.2) is 18.6 Å². The molecule has 1 aromatic rings. The molecule has 0 aromatic heterocycles. The van der Waals surface area contributed by atoms with Crippen LogP contribution in [0, 0.1) is 0 Å². The summed E-state index contributed by atoms with van der Waals surface area (Å²) in [5.74, 6) is -0.327. The lowest BCUT2D eigenvalue weighted by atomic mass is 9.95. The molecule has 0 bridgehead atoms. The summed E-state index contributed by atoms with van der Waals surface area (Å²) in [4.78, 5) is 11.2. The first-order valence-corrected chi connectivity index (χ1v) is 6.46. The van der Waals surface area contributed by atoms with Gasteiger partial charge in [0.05, 0.1) is 7.11 Å². The maximum atomic E-state index is 11.2. The van der Waals surface area contributed by atoms with Crippen LogP contribution >= 0.6 is 0 Å². The normalized spacial score (nSPS) is 12.4. The molecule has 104 valence electrons. The number of methoxy groups -OCH3 is 1. The largest absolute Gasteiger partial charge is 0.466 e. The molecule has 2 N–H and O–H groups in total. The number of carbonyl (C=O) groups excluding carboxylic acids is 1. The molecular weight excluding hydrogens is 238 g/mol. The van der Waals surface area contributed by atoms with Gasteiger partial charge in [-0.05, 0) is 50.3 Å². The van der Waals surface area contributed by atoms with Crippen molar-refractivity contribution in [2.45, 2.75) is 39.2 Å². The number of ether oxygens (including phenoxy) is 1. The van der Waals surface area contributed by atoms with E-state index in [-0.39, 0.29) is 11.5 Å². The summed E-state index contributed by atoms with van der Waals surface area (Å²) in [6, 6.07) is 8.20. The highest BCUT2D eigenvalue weighted by Gasteiger charge is 2.10. The third-order valence-electron chi connectivity index (χ3n) is 3.00. The number of hydrogen-bond donors (Lipinski definition) is 1. The zero-order valence-electron chi connectivity index (χ0n) is 12.2. The van der Waals surface area contributed by atoms with Crippen LogP contribution in [0.2, 0.25) is 0 Å². The number of aryl methyl sites for hydroxylation is 1. The van der Waals surface area contributed by atoms with Crippen molar-refractivity contribution in [3.8, 4) is 0 Å².